The van der Waals surface area contributed by atoms with Crippen molar-refractivity contribution in [3.63, 3.8) is 0 Å². The first-order valence-corrected chi connectivity index (χ1v) is 8.24. The number of rotatable bonds is 5. The van der Waals surface area contributed by atoms with E-state index >= 15 is 0 Å². The fourth-order valence-corrected chi connectivity index (χ4v) is 3.10. The minimum Gasteiger partial charge on any atom is -0.454 e. The smallest absolute Gasteiger partial charge is 0.239 e. The van der Waals surface area contributed by atoms with Crippen LogP contribution in [0.25, 0.3) is 0 Å². The Morgan fingerprint density at radius 1 is 1.26 bits per heavy atom. The topological polar surface area (TPSA) is 71.6 Å². The third kappa shape index (κ3) is 3.76. The molecule has 0 aromatic heterocycles. The molecule has 1 fully saturated rings. The van der Waals surface area contributed by atoms with Gasteiger partial charge >= 0.3 is 0 Å². The molecule has 0 radical (unpaired) electrons. The summed E-state index contributed by atoms with van der Waals surface area (Å²) < 4.78 is 10.7. The zero-order chi connectivity index (χ0) is 16.4. The molecule has 2 aliphatic heterocycles. The number of nitrogens with one attached hydrogen (secondary N) is 3. The van der Waals surface area contributed by atoms with Gasteiger partial charge in [0.2, 0.25) is 12.7 Å². The van der Waals surface area contributed by atoms with Gasteiger partial charge < -0.3 is 14.8 Å². The van der Waals surface area contributed by atoms with Gasteiger partial charge in [0.1, 0.15) is 6.04 Å². The Morgan fingerprint density at radius 2 is 2.04 bits per heavy atom. The van der Waals surface area contributed by atoms with Crippen LogP contribution in [0, 0.1) is 5.92 Å². The summed E-state index contributed by atoms with van der Waals surface area (Å²) >= 11 is 0. The molecule has 3 N–H and O–H groups in total. The molecule has 1 amide bonds. The number of carbonyl (C=O) groups is 1. The number of amides is 1. The van der Waals surface area contributed by atoms with Crippen LogP contribution in [0.5, 0.6) is 11.5 Å². The van der Waals surface area contributed by atoms with E-state index in [-0.39, 0.29) is 24.8 Å². The molecule has 2 aliphatic rings. The molecule has 23 heavy (non-hydrogen) atoms. The van der Waals surface area contributed by atoms with E-state index in [0.717, 1.165) is 29.9 Å². The Labute approximate surface area is 136 Å². The molecule has 126 valence electrons. The molecule has 2 heterocycles. The highest BCUT2D eigenvalue weighted by Crippen LogP contribution is 2.34. The predicted molar refractivity (Wildman–Crippen MR) is 87.0 cm³/mol. The number of carbonyl (C=O) groups excluding carboxylic acids is 1. The molecule has 0 aliphatic carbocycles. The third-order valence-electron chi connectivity index (χ3n) is 4.31. The number of fused-ring (bicyclic) bond motifs is 1. The molecule has 3 rings (SSSR count). The van der Waals surface area contributed by atoms with Crippen molar-refractivity contribution < 1.29 is 14.3 Å². The SMILES string of the molecule is CC(C)CC1CC(C(=O)NC(C)c2ccc3c(c2)OCO3)NN1. The number of hydrazine groups is 1. The van der Waals surface area contributed by atoms with Gasteiger partial charge in [0.05, 0.1) is 6.04 Å². The van der Waals surface area contributed by atoms with E-state index < -0.39 is 0 Å². The number of hydrogen-bond donors (Lipinski definition) is 3. The van der Waals surface area contributed by atoms with Crippen molar-refractivity contribution in [2.24, 2.45) is 5.92 Å². The first kappa shape index (κ1) is 16.1. The molecular formula is C17H25N3O3. The Kier molecular flexibility index (Phi) is 4.73. The molecule has 0 saturated carbocycles. The van der Waals surface area contributed by atoms with E-state index in [1.54, 1.807) is 0 Å². The Balaban J connectivity index is 1.55. The second-order valence-corrected chi connectivity index (χ2v) is 6.75. The zero-order valence-electron chi connectivity index (χ0n) is 13.9. The van der Waals surface area contributed by atoms with E-state index in [1.807, 2.05) is 25.1 Å². The van der Waals surface area contributed by atoms with E-state index in [2.05, 4.69) is 30.0 Å². The molecule has 6 nitrogen and oxygen atoms in total. The monoisotopic (exact) mass is 319 g/mol. The van der Waals surface area contributed by atoms with E-state index in [0.29, 0.717) is 12.0 Å². The van der Waals surface area contributed by atoms with Crippen LogP contribution in [0.3, 0.4) is 0 Å². The van der Waals surface area contributed by atoms with Crippen LogP contribution >= 0.6 is 0 Å². The molecule has 1 aromatic rings. The van der Waals surface area contributed by atoms with E-state index in [1.165, 1.54) is 0 Å². The van der Waals surface area contributed by atoms with Crippen molar-refractivity contribution in [2.75, 3.05) is 6.79 Å². The average Bonchev–Trinajstić information content (AvgIpc) is 3.14. The van der Waals surface area contributed by atoms with Gasteiger partial charge in [-0.15, -0.1) is 0 Å². The first-order chi connectivity index (χ1) is 11.0. The van der Waals surface area contributed by atoms with Crippen molar-refractivity contribution in [1.29, 1.82) is 0 Å². The quantitative estimate of drug-likeness (QED) is 0.773. The lowest BCUT2D eigenvalue weighted by molar-refractivity contribution is -0.123. The normalized spacial score (nSPS) is 24.0. The van der Waals surface area contributed by atoms with Crippen molar-refractivity contribution in [3.8, 4) is 11.5 Å². The minimum atomic E-state index is -0.185. The van der Waals surface area contributed by atoms with Crippen LogP contribution in [0.1, 0.15) is 45.2 Å². The lowest BCUT2D eigenvalue weighted by atomic mass is 9.99. The molecule has 1 aromatic carbocycles. The molecule has 0 spiro atoms. The molecule has 3 atom stereocenters. The van der Waals surface area contributed by atoms with Gasteiger partial charge in [-0.1, -0.05) is 19.9 Å². The van der Waals surface area contributed by atoms with Crippen LogP contribution in [0.2, 0.25) is 0 Å². The molecule has 0 bridgehead atoms. The summed E-state index contributed by atoms with van der Waals surface area (Å²) in [5.74, 6) is 2.13. The molecule has 1 saturated heterocycles. The fraction of sp³-hybridized carbons (Fsp3) is 0.588. The Bertz CT molecular complexity index is 576. The Morgan fingerprint density at radius 3 is 2.83 bits per heavy atom. The van der Waals surface area contributed by atoms with Gasteiger partial charge in [-0.2, -0.15) is 0 Å². The van der Waals surface area contributed by atoms with Gasteiger partial charge in [-0.3, -0.25) is 10.2 Å². The van der Waals surface area contributed by atoms with Gasteiger partial charge in [-0.05, 0) is 43.4 Å². The van der Waals surface area contributed by atoms with Crippen molar-refractivity contribution in [2.45, 2.75) is 51.7 Å². The van der Waals surface area contributed by atoms with Crippen molar-refractivity contribution in [1.82, 2.24) is 16.2 Å². The lowest BCUT2D eigenvalue weighted by Gasteiger charge is -2.17. The second kappa shape index (κ2) is 6.76. The standard InChI is InChI=1S/C17H25N3O3/c1-10(2)6-13-8-14(20-19-13)17(21)18-11(3)12-4-5-15-16(7-12)23-9-22-15/h4-5,7,10-11,13-14,19-20H,6,8-9H2,1-3H3,(H,18,21). The van der Waals surface area contributed by atoms with Crippen LogP contribution in [-0.2, 0) is 4.79 Å². The number of ether oxygens (including phenoxy) is 2. The van der Waals surface area contributed by atoms with Crippen molar-refractivity contribution in [3.05, 3.63) is 23.8 Å². The number of hydrogen-bond acceptors (Lipinski definition) is 5. The summed E-state index contributed by atoms with van der Waals surface area (Å²) in [6, 6.07) is 5.86. The fourth-order valence-electron chi connectivity index (χ4n) is 3.10. The molecule has 6 heteroatoms. The van der Waals surface area contributed by atoms with Crippen LogP contribution in [0.15, 0.2) is 18.2 Å². The second-order valence-electron chi connectivity index (χ2n) is 6.75. The summed E-state index contributed by atoms with van der Waals surface area (Å²) in [7, 11) is 0. The number of benzene rings is 1. The molecule has 3 unspecified atom stereocenters. The van der Waals surface area contributed by atoms with Gasteiger partial charge in [0.15, 0.2) is 11.5 Å². The average molecular weight is 319 g/mol. The van der Waals surface area contributed by atoms with Crippen LogP contribution < -0.4 is 25.6 Å². The summed E-state index contributed by atoms with van der Waals surface area (Å²) in [4.78, 5) is 12.4. The van der Waals surface area contributed by atoms with E-state index in [4.69, 9.17) is 9.47 Å². The summed E-state index contributed by atoms with van der Waals surface area (Å²) in [5.41, 5.74) is 7.33. The first-order valence-electron chi connectivity index (χ1n) is 8.24. The van der Waals surface area contributed by atoms with Crippen LogP contribution in [0.4, 0.5) is 0 Å². The van der Waals surface area contributed by atoms with Crippen molar-refractivity contribution >= 4 is 5.91 Å². The maximum absolute atomic E-state index is 12.4. The largest absolute Gasteiger partial charge is 0.454 e. The third-order valence-corrected chi connectivity index (χ3v) is 4.31. The predicted octanol–water partition coefficient (Wildman–Crippen LogP) is 1.87. The highest BCUT2D eigenvalue weighted by Gasteiger charge is 2.30. The summed E-state index contributed by atoms with van der Waals surface area (Å²) in [6.07, 6.45) is 1.88. The maximum atomic E-state index is 12.4. The zero-order valence-corrected chi connectivity index (χ0v) is 13.9. The maximum Gasteiger partial charge on any atom is 0.239 e. The van der Waals surface area contributed by atoms with Gasteiger partial charge in [-0.25, -0.2) is 5.43 Å². The van der Waals surface area contributed by atoms with E-state index in [9.17, 15) is 4.79 Å². The molecular weight excluding hydrogens is 294 g/mol. The summed E-state index contributed by atoms with van der Waals surface area (Å²) in [5, 5.41) is 3.07. The van der Waals surface area contributed by atoms with Crippen LogP contribution in [-0.4, -0.2) is 24.8 Å². The highest BCUT2D eigenvalue weighted by atomic mass is 16.7. The minimum absolute atomic E-state index is 0.0222. The lowest BCUT2D eigenvalue weighted by Crippen LogP contribution is -2.44. The Hall–Kier alpha value is -1.79. The van der Waals surface area contributed by atoms with Gasteiger partial charge in [0.25, 0.3) is 0 Å². The highest BCUT2D eigenvalue weighted by molar-refractivity contribution is 5.82. The summed E-state index contributed by atoms with van der Waals surface area (Å²) in [6.45, 7) is 6.62. The van der Waals surface area contributed by atoms with Gasteiger partial charge in [0, 0.05) is 6.04 Å².